The number of benzene rings is 1. The van der Waals surface area contributed by atoms with Gasteiger partial charge in [0.05, 0.1) is 5.69 Å². The van der Waals surface area contributed by atoms with Crippen molar-refractivity contribution in [3.63, 3.8) is 0 Å². The standard InChI is InChI=1S/C13H14N2OS2/c1-2-8-18-9-11-12(16)15(13(17)14-11)10-6-4-3-5-7-10/h2-7,11H,1,8-9H2,(H,14,17). The summed E-state index contributed by atoms with van der Waals surface area (Å²) < 4.78 is 0. The van der Waals surface area contributed by atoms with Gasteiger partial charge in [-0.1, -0.05) is 24.3 Å². The van der Waals surface area contributed by atoms with E-state index in [0.717, 1.165) is 11.4 Å². The molecule has 3 nitrogen and oxygen atoms in total. The predicted molar refractivity (Wildman–Crippen MR) is 81.0 cm³/mol. The number of thioether (sulfide) groups is 1. The van der Waals surface area contributed by atoms with Gasteiger partial charge in [-0.05, 0) is 24.4 Å². The SMILES string of the molecule is C=CCSCC1NC(=S)N(c2ccccc2)C1=O. The van der Waals surface area contributed by atoms with Crippen molar-refractivity contribution in [1.29, 1.82) is 0 Å². The summed E-state index contributed by atoms with van der Waals surface area (Å²) in [4.78, 5) is 13.8. The van der Waals surface area contributed by atoms with E-state index in [4.69, 9.17) is 12.2 Å². The van der Waals surface area contributed by atoms with E-state index in [1.165, 1.54) is 0 Å². The van der Waals surface area contributed by atoms with Crippen LogP contribution < -0.4 is 10.2 Å². The number of carbonyl (C=O) groups is 1. The number of nitrogens with one attached hydrogen (secondary N) is 1. The maximum Gasteiger partial charge on any atom is 0.256 e. The minimum atomic E-state index is -0.234. The number of amides is 1. The Labute approximate surface area is 116 Å². The summed E-state index contributed by atoms with van der Waals surface area (Å²) in [5.41, 5.74) is 0.816. The Balaban J connectivity index is 2.08. The lowest BCUT2D eigenvalue weighted by Crippen LogP contribution is -2.32. The van der Waals surface area contributed by atoms with E-state index in [0.29, 0.717) is 10.9 Å². The second-order valence-electron chi connectivity index (χ2n) is 3.84. The van der Waals surface area contributed by atoms with Crippen molar-refractivity contribution in [3.05, 3.63) is 43.0 Å². The average molecular weight is 278 g/mol. The van der Waals surface area contributed by atoms with Crippen LogP contribution in [0.5, 0.6) is 0 Å². The van der Waals surface area contributed by atoms with Gasteiger partial charge in [0.25, 0.3) is 5.91 Å². The van der Waals surface area contributed by atoms with Gasteiger partial charge in [0.1, 0.15) is 6.04 Å². The summed E-state index contributed by atoms with van der Waals surface area (Å²) in [5.74, 6) is 1.56. The fraction of sp³-hybridized carbons (Fsp3) is 0.231. The molecule has 1 N–H and O–H groups in total. The number of carbonyl (C=O) groups excluding carboxylic acids is 1. The third-order valence-corrected chi connectivity index (χ3v) is 3.89. The van der Waals surface area contributed by atoms with Crippen molar-refractivity contribution in [2.24, 2.45) is 0 Å². The van der Waals surface area contributed by atoms with Crippen LogP contribution in [0.4, 0.5) is 5.69 Å². The summed E-state index contributed by atoms with van der Waals surface area (Å²) in [6.45, 7) is 3.66. The van der Waals surface area contributed by atoms with Gasteiger partial charge < -0.3 is 5.32 Å². The molecule has 5 heteroatoms. The normalized spacial score (nSPS) is 18.9. The molecule has 0 saturated carbocycles. The lowest BCUT2D eigenvalue weighted by molar-refractivity contribution is -0.117. The first-order chi connectivity index (χ1) is 8.74. The van der Waals surface area contributed by atoms with Crippen LogP contribution >= 0.6 is 24.0 Å². The van der Waals surface area contributed by atoms with Crippen LogP contribution in [-0.4, -0.2) is 28.6 Å². The highest BCUT2D eigenvalue weighted by molar-refractivity contribution is 7.99. The van der Waals surface area contributed by atoms with Crippen LogP contribution in [0.2, 0.25) is 0 Å². The summed E-state index contributed by atoms with van der Waals surface area (Å²) in [5, 5.41) is 3.55. The van der Waals surface area contributed by atoms with Crippen molar-refractivity contribution in [2.75, 3.05) is 16.4 Å². The molecule has 1 aliphatic heterocycles. The van der Waals surface area contributed by atoms with Gasteiger partial charge >= 0.3 is 0 Å². The molecule has 0 aromatic heterocycles. The van der Waals surface area contributed by atoms with Gasteiger partial charge in [0.15, 0.2) is 5.11 Å². The maximum atomic E-state index is 12.2. The molecule has 1 amide bonds. The quantitative estimate of drug-likeness (QED) is 0.508. The number of anilines is 1. The van der Waals surface area contributed by atoms with E-state index in [2.05, 4.69) is 11.9 Å². The number of para-hydroxylation sites is 1. The van der Waals surface area contributed by atoms with Crippen molar-refractivity contribution in [3.8, 4) is 0 Å². The lowest BCUT2D eigenvalue weighted by atomic mass is 10.3. The molecule has 0 bridgehead atoms. The van der Waals surface area contributed by atoms with Crippen molar-refractivity contribution in [1.82, 2.24) is 5.32 Å². The summed E-state index contributed by atoms with van der Waals surface area (Å²) in [7, 11) is 0. The first-order valence-electron chi connectivity index (χ1n) is 5.62. The van der Waals surface area contributed by atoms with Crippen LogP contribution in [0.15, 0.2) is 43.0 Å². The molecule has 1 unspecified atom stereocenters. The smallest absolute Gasteiger partial charge is 0.256 e. The molecule has 1 fully saturated rings. The highest BCUT2D eigenvalue weighted by atomic mass is 32.2. The van der Waals surface area contributed by atoms with Gasteiger partial charge in [-0.25, -0.2) is 0 Å². The van der Waals surface area contributed by atoms with Crippen LogP contribution in [0, 0.1) is 0 Å². The molecular formula is C13H14N2OS2. The number of hydrogen-bond acceptors (Lipinski definition) is 3. The lowest BCUT2D eigenvalue weighted by Gasteiger charge is -2.14. The average Bonchev–Trinajstić information content (AvgIpc) is 2.66. The third-order valence-electron chi connectivity index (χ3n) is 2.55. The number of hydrogen-bond donors (Lipinski definition) is 1. The van der Waals surface area contributed by atoms with Gasteiger partial charge in [-0.3, -0.25) is 9.69 Å². The zero-order valence-electron chi connectivity index (χ0n) is 9.83. The van der Waals surface area contributed by atoms with Crippen LogP contribution in [0.3, 0.4) is 0 Å². The van der Waals surface area contributed by atoms with Crippen molar-refractivity contribution < 1.29 is 4.79 Å². The van der Waals surface area contributed by atoms with Crippen LogP contribution in [0.25, 0.3) is 0 Å². The minimum Gasteiger partial charge on any atom is -0.349 e. The van der Waals surface area contributed by atoms with Crippen LogP contribution in [-0.2, 0) is 4.79 Å². The summed E-state index contributed by atoms with van der Waals surface area (Å²) >= 11 is 6.89. The van der Waals surface area contributed by atoms with E-state index in [1.54, 1.807) is 16.7 Å². The highest BCUT2D eigenvalue weighted by Crippen LogP contribution is 2.20. The minimum absolute atomic E-state index is 0.0164. The van der Waals surface area contributed by atoms with E-state index in [9.17, 15) is 4.79 Å². The molecule has 1 aromatic carbocycles. The predicted octanol–water partition coefficient (Wildman–Crippen LogP) is 2.20. The Hall–Kier alpha value is -1.33. The van der Waals surface area contributed by atoms with Gasteiger partial charge in [-0.15, -0.1) is 6.58 Å². The molecule has 1 saturated heterocycles. The number of thiocarbonyl (C=S) groups is 1. The molecule has 2 rings (SSSR count). The third kappa shape index (κ3) is 2.73. The zero-order valence-corrected chi connectivity index (χ0v) is 11.5. The maximum absolute atomic E-state index is 12.2. The Morgan fingerprint density at radius 1 is 1.44 bits per heavy atom. The molecule has 0 spiro atoms. The van der Waals surface area contributed by atoms with Gasteiger partial charge in [0, 0.05) is 11.5 Å². The molecule has 1 aromatic rings. The Bertz CT molecular complexity index is 461. The number of nitrogens with zero attached hydrogens (tertiary/aromatic N) is 1. The summed E-state index contributed by atoms with van der Waals surface area (Å²) in [6.07, 6.45) is 1.83. The molecule has 0 aliphatic carbocycles. The Kier molecular flexibility index (Phi) is 4.38. The topological polar surface area (TPSA) is 32.3 Å². The van der Waals surface area contributed by atoms with E-state index in [-0.39, 0.29) is 11.9 Å². The fourth-order valence-corrected chi connectivity index (χ4v) is 2.84. The largest absolute Gasteiger partial charge is 0.349 e. The van der Waals surface area contributed by atoms with E-state index < -0.39 is 0 Å². The molecular weight excluding hydrogens is 264 g/mol. The summed E-state index contributed by atoms with van der Waals surface area (Å²) in [6, 6.07) is 9.23. The Morgan fingerprint density at radius 3 is 2.83 bits per heavy atom. The van der Waals surface area contributed by atoms with Gasteiger partial charge in [-0.2, -0.15) is 11.8 Å². The van der Waals surface area contributed by atoms with Crippen LogP contribution in [0.1, 0.15) is 0 Å². The Morgan fingerprint density at radius 2 is 2.17 bits per heavy atom. The van der Waals surface area contributed by atoms with Crippen molar-refractivity contribution >= 4 is 40.7 Å². The fourth-order valence-electron chi connectivity index (χ4n) is 1.73. The highest BCUT2D eigenvalue weighted by Gasteiger charge is 2.35. The first-order valence-corrected chi connectivity index (χ1v) is 7.18. The second-order valence-corrected chi connectivity index (χ2v) is 5.30. The molecule has 1 aliphatic rings. The first kappa shape index (κ1) is 13.1. The molecule has 1 heterocycles. The molecule has 1 atom stereocenters. The second kappa shape index (κ2) is 6.02. The molecule has 94 valence electrons. The molecule has 18 heavy (non-hydrogen) atoms. The monoisotopic (exact) mass is 278 g/mol. The van der Waals surface area contributed by atoms with Gasteiger partial charge in [0.2, 0.25) is 0 Å². The van der Waals surface area contributed by atoms with Crippen molar-refractivity contribution in [2.45, 2.75) is 6.04 Å². The number of rotatable bonds is 5. The zero-order chi connectivity index (χ0) is 13.0. The molecule has 0 radical (unpaired) electrons. The van der Waals surface area contributed by atoms with E-state index in [1.807, 2.05) is 36.4 Å². The van der Waals surface area contributed by atoms with E-state index >= 15 is 0 Å².